The summed E-state index contributed by atoms with van der Waals surface area (Å²) in [6.45, 7) is 2.44. The number of nitrogens with zero attached hydrogens (tertiary/aromatic N) is 1. The van der Waals surface area contributed by atoms with Gasteiger partial charge in [-0.3, -0.25) is 9.69 Å². The van der Waals surface area contributed by atoms with Crippen molar-refractivity contribution in [3.63, 3.8) is 0 Å². The van der Waals surface area contributed by atoms with Crippen LogP contribution in [0.2, 0.25) is 0 Å². The van der Waals surface area contributed by atoms with Gasteiger partial charge < -0.3 is 15.2 Å². The molecule has 22 heavy (non-hydrogen) atoms. The van der Waals surface area contributed by atoms with Gasteiger partial charge >= 0.3 is 5.97 Å². The number of nitrogens with one attached hydrogen (secondary N) is 1. The summed E-state index contributed by atoms with van der Waals surface area (Å²) in [5, 5.41) is 11.2. The molecule has 6 nitrogen and oxygen atoms in total. The molecule has 1 aliphatic rings. The number of carbonyl (C=O) groups excluding carboxylic acids is 1. The Bertz CT molecular complexity index is 515. The Hall–Kier alpha value is -2.08. The van der Waals surface area contributed by atoms with Gasteiger partial charge in [-0.15, -0.1) is 0 Å². The van der Waals surface area contributed by atoms with Crippen LogP contribution >= 0.6 is 0 Å². The number of ether oxygens (including phenoxy) is 1. The fraction of sp³-hybridized carbons (Fsp3) is 0.500. The van der Waals surface area contributed by atoms with Crippen LogP contribution in [0.4, 0.5) is 0 Å². The first-order valence-electron chi connectivity index (χ1n) is 7.43. The number of hydrogen-bond acceptors (Lipinski definition) is 4. The average Bonchev–Trinajstić information content (AvgIpc) is 2.93. The van der Waals surface area contributed by atoms with E-state index in [1.165, 1.54) is 0 Å². The lowest BCUT2D eigenvalue weighted by Gasteiger charge is -2.16. The van der Waals surface area contributed by atoms with Crippen molar-refractivity contribution >= 4 is 11.9 Å². The van der Waals surface area contributed by atoms with Crippen molar-refractivity contribution in [1.82, 2.24) is 10.2 Å². The molecule has 0 spiro atoms. The molecule has 1 unspecified atom stereocenters. The Balaban J connectivity index is 1.79. The third kappa shape index (κ3) is 5.04. The highest BCUT2D eigenvalue weighted by Crippen LogP contribution is 2.22. The number of carbonyl (C=O) groups is 2. The van der Waals surface area contributed by atoms with Crippen LogP contribution in [-0.4, -0.2) is 48.6 Å². The summed E-state index contributed by atoms with van der Waals surface area (Å²) in [7, 11) is 1.67. The lowest BCUT2D eigenvalue weighted by atomic mass is 10.0. The maximum Gasteiger partial charge on any atom is 0.341 e. The molecule has 1 atom stereocenters. The van der Waals surface area contributed by atoms with Crippen LogP contribution in [0.25, 0.3) is 0 Å². The van der Waals surface area contributed by atoms with E-state index in [0.29, 0.717) is 18.1 Å². The van der Waals surface area contributed by atoms with Gasteiger partial charge in [-0.2, -0.15) is 0 Å². The van der Waals surface area contributed by atoms with Crippen molar-refractivity contribution in [3.05, 3.63) is 29.8 Å². The predicted octanol–water partition coefficient (Wildman–Crippen LogP) is 1.11. The molecule has 1 aliphatic heterocycles. The van der Waals surface area contributed by atoms with Gasteiger partial charge in [0.15, 0.2) is 6.61 Å². The smallest absolute Gasteiger partial charge is 0.341 e. The van der Waals surface area contributed by atoms with Gasteiger partial charge in [-0.1, -0.05) is 12.1 Å². The number of aliphatic carboxylic acids is 1. The van der Waals surface area contributed by atoms with E-state index in [-0.39, 0.29) is 12.5 Å². The van der Waals surface area contributed by atoms with E-state index in [0.717, 1.165) is 31.6 Å². The zero-order chi connectivity index (χ0) is 15.9. The zero-order valence-corrected chi connectivity index (χ0v) is 12.7. The quantitative estimate of drug-likeness (QED) is 0.789. The molecule has 2 rings (SSSR count). The normalized spacial score (nSPS) is 18.1. The molecule has 1 fully saturated rings. The first-order valence-corrected chi connectivity index (χ1v) is 7.43. The molecule has 1 heterocycles. The van der Waals surface area contributed by atoms with E-state index in [1.54, 1.807) is 19.2 Å². The second-order valence-electron chi connectivity index (χ2n) is 5.59. The second-order valence-corrected chi connectivity index (χ2v) is 5.59. The summed E-state index contributed by atoms with van der Waals surface area (Å²) in [4.78, 5) is 24.2. The first-order chi connectivity index (χ1) is 10.6. The molecule has 1 saturated heterocycles. The Morgan fingerprint density at radius 3 is 2.73 bits per heavy atom. The molecular formula is C16H22N2O4. The maximum atomic E-state index is 11.4. The highest BCUT2D eigenvalue weighted by Gasteiger charge is 2.24. The predicted molar refractivity (Wildman–Crippen MR) is 81.6 cm³/mol. The largest absolute Gasteiger partial charge is 0.482 e. The van der Waals surface area contributed by atoms with Gasteiger partial charge in [0, 0.05) is 26.6 Å². The standard InChI is InChI=1S/C16H22N2O4/c1-17-15(19)8-13-6-7-18(10-13)9-12-2-4-14(5-3-12)22-11-16(20)21/h2-5,13H,6-11H2,1H3,(H,17,19)(H,20,21). The molecule has 1 aromatic carbocycles. The van der Waals surface area contributed by atoms with Crippen LogP contribution in [0.1, 0.15) is 18.4 Å². The lowest BCUT2D eigenvalue weighted by molar-refractivity contribution is -0.139. The summed E-state index contributed by atoms with van der Waals surface area (Å²) >= 11 is 0. The first kappa shape index (κ1) is 16.3. The molecular weight excluding hydrogens is 284 g/mol. The Morgan fingerprint density at radius 2 is 2.09 bits per heavy atom. The average molecular weight is 306 g/mol. The van der Waals surface area contributed by atoms with Crippen LogP contribution in [-0.2, 0) is 16.1 Å². The van der Waals surface area contributed by atoms with E-state index < -0.39 is 5.97 Å². The molecule has 0 aliphatic carbocycles. The van der Waals surface area contributed by atoms with Crippen LogP contribution < -0.4 is 10.1 Å². The number of benzene rings is 1. The van der Waals surface area contributed by atoms with Crippen LogP contribution in [0, 0.1) is 5.92 Å². The van der Waals surface area contributed by atoms with Crippen LogP contribution in [0.5, 0.6) is 5.75 Å². The summed E-state index contributed by atoms with van der Waals surface area (Å²) in [6.07, 6.45) is 1.64. The van der Waals surface area contributed by atoms with Gasteiger partial charge in [-0.25, -0.2) is 4.79 Å². The zero-order valence-electron chi connectivity index (χ0n) is 12.7. The van der Waals surface area contributed by atoms with Crippen molar-refractivity contribution in [1.29, 1.82) is 0 Å². The molecule has 0 bridgehead atoms. The van der Waals surface area contributed by atoms with E-state index in [2.05, 4.69) is 10.2 Å². The van der Waals surface area contributed by atoms with Gasteiger partial charge in [-0.05, 0) is 36.6 Å². The minimum absolute atomic E-state index is 0.104. The lowest BCUT2D eigenvalue weighted by Crippen LogP contribution is -2.24. The minimum atomic E-state index is -0.983. The molecule has 2 N–H and O–H groups in total. The molecule has 6 heteroatoms. The monoisotopic (exact) mass is 306 g/mol. The number of amides is 1. The summed E-state index contributed by atoms with van der Waals surface area (Å²) in [5.74, 6) is 0.110. The number of rotatable bonds is 7. The van der Waals surface area contributed by atoms with Crippen LogP contribution in [0.15, 0.2) is 24.3 Å². The Labute approximate surface area is 130 Å². The van der Waals surface area contributed by atoms with Crippen molar-refractivity contribution in [2.45, 2.75) is 19.4 Å². The summed E-state index contributed by atoms with van der Waals surface area (Å²) in [5.41, 5.74) is 1.16. The number of likely N-dealkylation sites (tertiary alicyclic amines) is 1. The molecule has 120 valence electrons. The summed E-state index contributed by atoms with van der Waals surface area (Å²) in [6, 6.07) is 7.47. The van der Waals surface area contributed by atoms with E-state index in [4.69, 9.17) is 9.84 Å². The SMILES string of the molecule is CNC(=O)CC1CCN(Cc2ccc(OCC(=O)O)cc2)C1. The van der Waals surface area contributed by atoms with Gasteiger partial charge in [0.2, 0.25) is 5.91 Å². The van der Waals surface area contributed by atoms with Crippen molar-refractivity contribution in [2.75, 3.05) is 26.7 Å². The van der Waals surface area contributed by atoms with Gasteiger partial charge in [0.1, 0.15) is 5.75 Å². The topological polar surface area (TPSA) is 78.9 Å². The Kier molecular flexibility index (Phi) is 5.77. The molecule has 1 amide bonds. The Morgan fingerprint density at radius 1 is 1.36 bits per heavy atom. The second kappa shape index (κ2) is 7.79. The third-order valence-electron chi connectivity index (χ3n) is 3.81. The fourth-order valence-electron chi connectivity index (χ4n) is 2.68. The number of hydrogen-bond donors (Lipinski definition) is 2. The van der Waals surface area contributed by atoms with E-state index >= 15 is 0 Å². The summed E-state index contributed by atoms with van der Waals surface area (Å²) < 4.78 is 5.11. The van der Waals surface area contributed by atoms with E-state index in [9.17, 15) is 9.59 Å². The maximum absolute atomic E-state index is 11.4. The van der Waals surface area contributed by atoms with E-state index in [1.807, 2.05) is 12.1 Å². The highest BCUT2D eigenvalue weighted by atomic mass is 16.5. The molecule has 0 saturated carbocycles. The van der Waals surface area contributed by atoms with Crippen molar-refractivity contribution in [3.8, 4) is 5.75 Å². The van der Waals surface area contributed by atoms with Gasteiger partial charge in [0.25, 0.3) is 0 Å². The molecule has 0 radical (unpaired) electrons. The van der Waals surface area contributed by atoms with Gasteiger partial charge in [0.05, 0.1) is 0 Å². The third-order valence-corrected chi connectivity index (χ3v) is 3.81. The molecule has 0 aromatic heterocycles. The number of carboxylic acid groups (broad SMARTS) is 1. The molecule has 1 aromatic rings. The fourth-order valence-corrected chi connectivity index (χ4v) is 2.68. The van der Waals surface area contributed by atoms with Crippen LogP contribution in [0.3, 0.4) is 0 Å². The minimum Gasteiger partial charge on any atom is -0.482 e. The van der Waals surface area contributed by atoms with Crippen molar-refractivity contribution < 1.29 is 19.4 Å². The highest BCUT2D eigenvalue weighted by molar-refractivity contribution is 5.75. The number of carboxylic acids is 1. The van der Waals surface area contributed by atoms with Crippen molar-refractivity contribution in [2.24, 2.45) is 5.92 Å².